The normalized spacial score (nSPS) is 11.5. The fraction of sp³-hybridized carbons (Fsp3) is 0.158. The number of fused-ring (bicyclic) bond motifs is 1. The molecule has 158 valence electrons. The molecule has 1 aromatic heterocycles. The lowest BCUT2D eigenvalue weighted by Crippen LogP contribution is -2.30. The van der Waals surface area contributed by atoms with Gasteiger partial charge in [-0.1, -0.05) is 0 Å². The molecule has 2 aromatic carbocycles. The van der Waals surface area contributed by atoms with Crippen molar-refractivity contribution in [3.05, 3.63) is 53.6 Å². The summed E-state index contributed by atoms with van der Waals surface area (Å²) >= 11 is 0. The van der Waals surface area contributed by atoms with Gasteiger partial charge < -0.3 is 14.9 Å². The molecule has 0 aliphatic carbocycles. The number of benzene rings is 2. The molecular formula is C19H16F2N2O6S. The summed E-state index contributed by atoms with van der Waals surface area (Å²) in [6.45, 7) is 1.47. The minimum atomic E-state index is -3.79. The van der Waals surface area contributed by atoms with Crippen molar-refractivity contribution >= 4 is 38.7 Å². The molecule has 0 radical (unpaired) electrons. The van der Waals surface area contributed by atoms with Crippen LogP contribution in [0.3, 0.4) is 0 Å². The first-order chi connectivity index (χ1) is 14.0. The van der Waals surface area contributed by atoms with Gasteiger partial charge in [0.1, 0.15) is 28.5 Å². The molecule has 0 aliphatic heterocycles. The summed E-state index contributed by atoms with van der Waals surface area (Å²) in [6, 6.07) is 6.84. The van der Waals surface area contributed by atoms with E-state index in [9.17, 15) is 26.8 Å². The van der Waals surface area contributed by atoms with Crippen molar-refractivity contribution in [3.8, 4) is 11.3 Å². The number of carbonyl (C=O) groups excluding carboxylic acids is 2. The highest BCUT2D eigenvalue weighted by atomic mass is 32.2. The van der Waals surface area contributed by atoms with Gasteiger partial charge in [0, 0.05) is 23.6 Å². The molecule has 3 aromatic rings. The second-order valence-corrected chi connectivity index (χ2v) is 8.16. The molecule has 0 unspecified atom stereocenters. The first-order valence-corrected chi connectivity index (χ1v) is 10.4. The predicted molar refractivity (Wildman–Crippen MR) is 104 cm³/mol. The number of hydrogen-bond acceptors (Lipinski definition) is 6. The Balaban J connectivity index is 2.30. The Morgan fingerprint density at radius 3 is 2.33 bits per heavy atom. The van der Waals surface area contributed by atoms with Crippen LogP contribution in [0.4, 0.5) is 19.3 Å². The number of ether oxygens (including phenoxy) is 1. The summed E-state index contributed by atoms with van der Waals surface area (Å²) in [4.78, 5) is 23.5. The molecule has 8 nitrogen and oxygen atoms in total. The quantitative estimate of drug-likeness (QED) is 0.482. The zero-order valence-electron chi connectivity index (χ0n) is 15.8. The van der Waals surface area contributed by atoms with E-state index in [1.165, 1.54) is 19.1 Å². The first-order valence-electron chi connectivity index (χ1n) is 8.54. The standard InChI is InChI=1S/C19H16F2N2O6S/c1-3-23(30(2,26)27)14-9-15-12(8-13(14)21)16(18(24)29-19(22)25)17(28-15)10-4-6-11(20)7-5-10/h4-9H,3H2,1-2H3,(H2,22,25). The van der Waals surface area contributed by atoms with E-state index < -0.39 is 33.7 Å². The molecule has 3 rings (SSSR count). The summed E-state index contributed by atoms with van der Waals surface area (Å²) in [5.74, 6) is -2.83. The van der Waals surface area contributed by atoms with Gasteiger partial charge in [-0.05, 0) is 37.3 Å². The van der Waals surface area contributed by atoms with Crippen LogP contribution in [-0.2, 0) is 14.8 Å². The van der Waals surface area contributed by atoms with Gasteiger partial charge in [-0.15, -0.1) is 0 Å². The van der Waals surface area contributed by atoms with E-state index in [0.29, 0.717) is 0 Å². The molecule has 0 bridgehead atoms. The van der Waals surface area contributed by atoms with Crippen LogP contribution in [0.5, 0.6) is 0 Å². The smallest absolute Gasteiger partial charge is 0.412 e. The van der Waals surface area contributed by atoms with Gasteiger partial charge >= 0.3 is 12.1 Å². The van der Waals surface area contributed by atoms with Gasteiger partial charge in [-0.2, -0.15) is 0 Å². The number of anilines is 1. The molecule has 1 heterocycles. The maximum Gasteiger partial charge on any atom is 0.412 e. The topological polar surface area (TPSA) is 120 Å². The number of furan rings is 1. The van der Waals surface area contributed by atoms with Crippen LogP contribution in [0.1, 0.15) is 17.3 Å². The van der Waals surface area contributed by atoms with Gasteiger partial charge in [0.2, 0.25) is 10.0 Å². The fourth-order valence-electron chi connectivity index (χ4n) is 3.03. The Morgan fingerprint density at radius 2 is 1.80 bits per heavy atom. The molecular weight excluding hydrogens is 422 g/mol. The Hall–Kier alpha value is -3.47. The van der Waals surface area contributed by atoms with Crippen molar-refractivity contribution in [1.82, 2.24) is 0 Å². The highest BCUT2D eigenvalue weighted by molar-refractivity contribution is 7.92. The van der Waals surface area contributed by atoms with Crippen LogP contribution in [0.15, 0.2) is 40.8 Å². The number of primary amides is 1. The van der Waals surface area contributed by atoms with Crippen LogP contribution in [0.2, 0.25) is 0 Å². The fourth-order valence-corrected chi connectivity index (χ4v) is 4.00. The number of esters is 1. The van der Waals surface area contributed by atoms with Crippen molar-refractivity contribution in [2.75, 3.05) is 17.1 Å². The van der Waals surface area contributed by atoms with Gasteiger partial charge in [0.15, 0.2) is 0 Å². The third-order valence-electron chi connectivity index (χ3n) is 4.22. The number of amides is 1. The minimum absolute atomic E-state index is 0.0516. The average molecular weight is 438 g/mol. The number of nitrogens with zero attached hydrogens (tertiary/aromatic N) is 1. The summed E-state index contributed by atoms with van der Waals surface area (Å²) in [6.07, 6.45) is -0.465. The highest BCUT2D eigenvalue weighted by Crippen LogP contribution is 2.37. The second-order valence-electron chi connectivity index (χ2n) is 6.25. The van der Waals surface area contributed by atoms with E-state index >= 15 is 0 Å². The van der Waals surface area contributed by atoms with Crippen LogP contribution >= 0.6 is 0 Å². The maximum absolute atomic E-state index is 14.8. The number of carbonyl (C=O) groups is 2. The van der Waals surface area contributed by atoms with Crippen LogP contribution in [0, 0.1) is 11.6 Å². The molecule has 30 heavy (non-hydrogen) atoms. The molecule has 0 saturated carbocycles. The van der Waals surface area contributed by atoms with Gasteiger partial charge in [0.25, 0.3) is 0 Å². The van der Waals surface area contributed by atoms with E-state index in [0.717, 1.165) is 34.8 Å². The van der Waals surface area contributed by atoms with Crippen LogP contribution in [-0.4, -0.2) is 33.3 Å². The van der Waals surface area contributed by atoms with E-state index in [-0.39, 0.29) is 40.1 Å². The zero-order valence-corrected chi connectivity index (χ0v) is 16.6. The largest absolute Gasteiger partial charge is 0.455 e. The minimum Gasteiger partial charge on any atom is -0.455 e. The van der Waals surface area contributed by atoms with Gasteiger partial charge in [-0.25, -0.2) is 26.8 Å². The average Bonchev–Trinajstić information content (AvgIpc) is 2.99. The van der Waals surface area contributed by atoms with Gasteiger partial charge in [0.05, 0.1) is 11.9 Å². The van der Waals surface area contributed by atoms with Crippen molar-refractivity contribution in [2.45, 2.75) is 6.92 Å². The van der Waals surface area contributed by atoms with Crippen molar-refractivity contribution in [3.63, 3.8) is 0 Å². The summed E-state index contributed by atoms with van der Waals surface area (Å²) in [5, 5.41) is -0.0774. The second kappa shape index (κ2) is 7.75. The molecule has 0 fully saturated rings. The van der Waals surface area contributed by atoms with Crippen LogP contribution in [0.25, 0.3) is 22.3 Å². The highest BCUT2D eigenvalue weighted by Gasteiger charge is 2.28. The molecule has 2 N–H and O–H groups in total. The first kappa shape index (κ1) is 21.2. The lowest BCUT2D eigenvalue weighted by atomic mass is 10.0. The van der Waals surface area contributed by atoms with E-state index in [1.807, 2.05) is 0 Å². The van der Waals surface area contributed by atoms with Crippen LogP contribution < -0.4 is 10.0 Å². The monoisotopic (exact) mass is 438 g/mol. The lowest BCUT2D eigenvalue weighted by molar-refractivity contribution is 0.0640. The predicted octanol–water partition coefficient (Wildman–Crippen LogP) is 3.40. The Bertz CT molecular complexity index is 1250. The number of rotatable bonds is 5. The third-order valence-corrected chi connectivity index (χ3v) is 5.47. The van der Waals surface area contributed by atoms with E-state index in [2.05, 4.69) is 4.74 Å². The SMILES string of the molecule is CCN(c1cc2oc(-c3ccc(F)cc3)c(C(=O)OC(N)=O)c2cc1F)S(C)(=O)=O. The molecule has 0 saturated heterocycles. The molecule has 0 aliphatic rings. The molecule has 11 heteroatoms. The van der Waals surface area contributed by atoms with Gasteiger partial charge in [-0.3, -0.25) is 4.31 Å². The number of halogens is 2. The molecule has 0 spiro atoms. The maximum atomic E-state index is 14.8. The molecule has 0 atom stereocenters. The Kier molecular flexibility index (Phi) is 5.49. The van der Waals surface area contributed by atoms with Crippen molar-refractivity contribution < 1.29 is 35.9 Å². The zero-order chi connectivity index (χ0) is 22.2. The number of sulfonamides is 1. The van der Waals surface area contributed by atoms with Crippen molar-refractivity contribution in [1.29, 1.82) is 0 Å². The number of hydrogen-bond donors (Lipinski definition) is 1. The third kappa shape index (κ3) is 3.96. The van der Waals surface area contributed by atoms with Crippen molar-refractivity contribution in [2.24, 2.45) is 5.73 Å². The summed E-state index contributed by atoms with van der Waals surface area (Å²) < 4.78 is 63.0. The Labute approximate surface area is 169 Å². The van der Waals surface area contributed by atoms with E-state index in [4.69, 9.17) is 10.2 Å². The Morgan fingerprint density at radius 1 is 1.17 bits per heavy atom. The lowest BCUT2D eigenvalue weighted by Gasteiger charge is -2.20. The molecule has 1 amide bonds. The number of nitrogens with two attached hydrogens (primary N) is 1. The summed E-state index contributed by atoms with van der Waals surface area (Å²) in [5.41, 5.74) is 4.48. The van der Waals surface area contributed by atoms with E-state index in [1.54, 1.807) is 0 Å². The summed E-state index contributed by atoms with van der Waals surface area (Å²) in [7, 11) is -3.79.